The molecule has 76 valence electrons. The van der Waals surface area contributed by atoms with E-state index in [9.17, 15) is 0 Å². The van der Waals surface area contributed by atoms with Crippen LogP contribution in [0.15, 0.2) is 0 Å². The number of rotatable bonds is 0. The number of fused-ring (bicyclic) bond motifs is 1. The second kappa shape index (κ2) is 3.47. The van der Waals surface area contributed by atoms with Crippen molar-refractivity contribution < 1.29 is 0 Å². The molecule has 1 heterocycles. The third-order valence-corrected chi connectivity index (χ3v) is 4.94. The van der Waals surface area contributed by atoms with Crippen LogP contribution in [0.3, 0.4) is 0 Å². The molecule has 1 saturated carbocycles. The van der Waals surface area contributed by atoms with E-state index >= 15 is 0 Å². The molecule has 0 aromatic heterocycles. The lowest BCUT2D eigenvalue weighted by atomic mass is 9.71. The molecular formula is C11H21NS. The van der Waals surface area contributed by atoms with Crippen molar-refractivity contribution in [3.05, 3.63) is 0 Å². The van der Waals surface area contributed by atoms with E-state index in [0.717, 1.165) is 17.2 Å². The number of nitrogens with one attached hydrogen (secondary N) is 1. The molecule has 13 heavy (non-hydrogen) atoms. The molecule has 0 spiro atoms. The Labute approximate surface area is 86.0 Å². The lowest BCUT2D eigenvalue weighted by molar-refractivity contribution is 0.170. The van der Waals surface area contributed by atoms with Crippen molar-refractivity contribution in [3.8, 4) is 0 Å². The highest BCUT2D eigenvalue weighted by Gasteiger charge is 2.38. The summed E-state index contributed by atoms with van der Waals surface area (Å²) in [6.45, 7) is 7.18. The van der Waals surface area contributed by atoms with Gasteiger partial charge in [0.25, 0.3) is 0 Å². The fraction of sp³-hybridized carbons (Fsp3) is 1.00. The van der Waals surface area contributed by atoms with E-state index in [-0.39, 0.29) is 0 Å². The van der Waals surface area contributed by atoms with Crippen LogP contribution in [0.5, 0.6) is 0 Å². The summed E-state index contributed by atoms with van der Waals surface area (Å²) in [5.74, 6) is 2.13. The molecule has 1 N–H and O–H groups in total. The first-order valence-electron chi connectivity index (χ1n) is 5.42. The van der Waals surface area contributed by atoms with Crippen LogP contribution in [0.4, 0.5) is 0 Å². The maximum absolute atomic E-state index is 3.59. The lowest BCUT2D eigenvalue weighted by Gasteiger charge is -2.38. The van der Waals surface area contributed by atoms with Crippen molar-refractivity contribution in [2.75, 3.05) is 5.88 Å². The monoisotopic (exact) mass is 199 g/mol. The average molecular weight is 199 g/mol. The fourth-order valence-electron chi connectivity index (χ4n) is 2.60. The quantitative estimate of drug-likeness (QED) is 0.644. The second-order valence-electron chi connectivity index (χ2n) is 5.54. The molecule has 0 aromatic rings. The molecule has 1 saturated heterocycles. The first kappa shape index (κ1) is 9.85. The Morgan fingerprint density at radius 1 is 1.23 bits per heavy atom. The molecule has 2 aliphatic rings. The summed E-state index contributed by atoms with van der Waals surface area (Å²) >= 11 is 2.14. The predicted octanol–water partition coefficient (Wildman–Crippen LogP) is 2.86. The van der Waals surface area contributed by atoms with Crippen LogP contribution in [-0.4, -0.2) is 17.2 Å². The molecule has 3 atom stereocenters. The Kier molecular flexibility index (Phi) is 2.63. The van der Waals surface area contributed by atoms with Crippen LogP contribution in [-0.2, 0) is 0 Å². The average Bonchev–Trinajstić information content (AvgIpc) is 2.47. The van der Waals surface area contributed by atoms with Crippen LogP contribution < -0.4 is 5.32 Å². The highest BCUT2D eigenvalue weighted by molar-refractivity contribution is 8.00. The largest absolute Gasteiger partial charge is 0.304 e. The van der Waals surface area contributed by atoms with E-state index in [1.807, 2.05) is 0 Å². The second-order valence-corrected chi connectivity index (χ2v) is 6.76. The van der Waals surface area contributed by atoms with Crippen molar-refractivity contribution >= 4 is 11.8 Å². The van der Waals surface area contributed by atoms with Crippen molar-refractivity contribution in [1.82, 2.24) is 5.32 Å². The highest BCUT2D eigenvalue weighted by Crippen LogP contribution is 2.43. The standard InChI is InChI=1S/C11H21NS/c1-11(2,3)8-4-5-9-10(6-8)13-7-12-9/h8-10,12H,4-7H2,1-3H3. The van der Waals surface area contributed by atoms with Gasteiger partial charge in [0.15, 0.2) is 0 Å². The molecule has 2 heteroatoms. The van der Waals surface area contributed by atoms with Gasteiger partial charge in [-0.3, -0.25) is 0 Å². The molecule has 3 unspecified atom stereocenters. The smallest absolute Gasteiger partial charge is 0.0423 e. The van der Waals surface area contributed by atoms with Crippen molar-refractivity contribution in [2.45, 2.75) is 51.3 Å². The van der Waals surface area contributed by atoms with Crippen molar-refractivity contribution in [1.29, 1.82) is 0 Å². The zero-order valence-electron chi connectivity index (χ0n) is 8.97. The normalized spacial score (nSPS) is 40.4. The summed E-state index contributed by atoms with van der Waals surface area (Å²) in [4.78, 5) is 0. The third-order valence-electron chi connectivity index (χ3n) is 3.66. The zero-order chi connectivity index (χ0) is 9.47. The number of hydrogen-bond acceptors (Lipinski definition) is 2. The van der Waals surface area contributed by atoms with Gasteiger partial charge in [0.05, 0.1) is 0 Å². The fourth-order valence-corrected chi connectivity index (χ4v) is 3.95. The molecule has 1 nitrogen and oxygen atoms in total. The van der Waals surface area contributed by atoms with Crippen molar-refractivity contribution in [2.24, 2.45) is 11.3 Å². The van der Waals surface area contributed by atoms with E-state index in [4.69, 9.17) is 0 Å². The Morgan fingerprint density at radius 2 is 2.00 bits per heavy atom. The van der Waals surface area contributed by atoms with Gasteiger partial charge in [0, 0.05) is 17.2 Å². The van der Waals surface area contributed by atoms with E-state index in [1.54, 1.807) is 0 Å². The predicted molar refractivity (Wildman–Crippen MR) is 60.0 cm³/mol. The van der Waals surface area contributed by atoms with Gasteiger partial charge in [-0.15, -0.1) is 11.8 Å². The van der Waals surface area contributed by atoms with Gasteiger partial charge in [0.1, 0.15) is 0 Å². The Morgan fingerprint density at radius 3 is 2.69 bits per heavy atom. The van der Waals surface area contributed by atoms with E-state index < -0.39 is 0 Å². The number of hydrogen-bond donors (Lipinski definition) is 1. The Hall–Kier alpha value is 0.310. The van der Waals surface area contributed by atoms with Crippen LogP contribution in [0.2, 0.25) is 0 Å². The third kappa shape index (κ3) is 2.04. The summed E-state index contributed by atoms with van der Waals surface area (Å²) in [6.07, 6.45) is 4.27. The zero-order valence-corrected chi connectivity index (χ0v) is 9.79. The van der Waals surface area contributed by atoms with Gasteiger partial charge < -0.3 is 5.32 Å². The van der Waals surface area contributed by atoms with Gasteiger partial charge in [-0.1, -0.05) is 20.8 Å². The highest BCUT2D eigenvalue weighted by atomic mass is 32.2. The molecule has 0 amide bonds. The van der Waals surface area contributed by atoms with Gasteiger partial charge in [-0.2, -0.15) is 0 Å². The van der Waals surface area contributed by atoms with Crippen LogP contribution in [0, 0.1) is 11.3 Å². The summed E-state index contributed by atoms with van der Waals surface area (Å²) in [6, 6.07) is 0.837. The van der Waals surface area contributed by atoms with Gasteiger partial charge in [0.2, 0.25) is 0 Å². The maximum Gasteiger partial charge on any atom is 0.0423 e. The molecule has 1 aliphatic carbocycles. The number of thioether (sulfide) groups is 1. The molecule has 2 fully saturated rings. The SMILES string of the molecule is CC(C)(C)C1CCC2NCSC2C1. The Bertz CT molecular complexity index is 185. The van der Waals surface area contributed by atoms with E-state index in [0.29, 0.717) is 5.41 Å². The lowest BCUT2D eigenvalue weighted by Crippen LogP contribution is -2.39. The molecule has 0 radical (unpaired) electrons. The van der Waals surface area contributed by atoms with Crippen LogP contribution in [0.1, 0.15) is 40.0 Å². The molecule has 0 aromatic carbocycles. The topological polar surface area (TPSA) is 12.0 Å². The summed E-state index contributed by atoms with van der Waals surface area (Å²) < 4.78 is 0. The van der Waals surface area contributed by atoms with Crippen LogP contribution in [0.25, 0.3) is 0 Å². The minimum absolute atomic E-state index is 0.522. The summed E-state index contributed by atoms with van der Waals surface area (Å²) in [5.41, 5.74) is 0.522. The van der Waals surface area contributed by atoms with E-state index in [1.165, 1.54) is 25.1 Å². The maximum atomic E-state index is 3.59. The Balaban J connectivity index is 1.97. The molecule has 2 rings (SSSR count). The minimum Gasteiger partial charge on any atom is -0.304 e. The van der Waals surface area contributed by atoms with Crippen molar-refractivity contribution in [3.63, 3.8) is 0 Å². The molecular weight excluding hydrogens is 178 g/mol. The first-order chi connectivity index (χ1) is 6.07. The van der Waals surface area contributed by atoms with Crippen LogP contribution >= 0.6 is 11.8 Å². The van der Waals surface area contributed by atoms with Gasteiger partial charge in [-0.05, 0) is 30.6 Å². The van der Waals surface area contributed by atoms with Gasteiger partial charge in [-0.25, -0.2) is 0 Å². The summed E-state index contributed by atoms with van der Waals surface area (Å²) in [7, 11) is 0. The summed E-state index contributed by atoms with van der Waals surface area (Å²) in [5, 5.41) is 4.51. The minimum atomic E-state index is 0.522. The van der Waals surface area contributed by atoms with E-state index in [2.05, 4.69) is 37.8 Å². The molecule has 0 bridgehead atoms. The van der Waals surface area contributed by atoms with Gasteiger partial charge >= 0.3 is 0 Å². The first-order valence-corrected chi connectivity index (χ1v) is 6.47. The molecule has 1 aliphatic heterocycles.